The minimum absolute atomic E-state index is 0.261. The van der Waals surface area contributed by atoms with Gasteiger partial charge in [-0.05, 0) is 49.4 Å². The van der Waals surface area contributed by atoms with Gasteiger partial charge in [-0.3, -0.25) is 11.3 Å². The SMILES string of the molecule is Cc1ccc(Cc2ccc3c(c2)N(C2CC2)C(CNN)N3)cc1. The van der Waals surface area contributed by atoms with Crippen LogP contribution in [0.1, 0.15) is 29.5 Å². The lowest BCUT2D eigenvalue weighted by Gasteiger charge is -2.26. The molecule has 2 aliphatic rings. The van der Waals surface area contributed by atoms with Gasteiger partial charge in [-0.15, -0.1) is 0 Å². The first-order valence-electron chi connectivity index (χ1n) is 8.41. The molecule has 0 amide bonds. The first kappa shape index (κ1) is 14.5. The fourth-order valence-electron chi connectivity index (χ4n) is 3.45. The number of anilines is 2. The first-order chi connectivity index (χ1) is 11.2. The van der Waals surface area contributed by atoms with E-state index in [1.807, 2.05) is 0 Å². The molecule has 1 saturated carbocycles. The van der Waals surface area contributed by atoms with Crippen molar-refractivity contribution in [3.05, 3.63) is 59.2 Å². The summed E-state index contributed by atoms with van der Waals surface area (Å²) in [6.07, 6.45) is 3.80. The molecular formula is C19H24N4. The van der Waals surface area contributed by atoms with Crippen LogP contribution in [0.2, 0.25) is 0 Å². The second-order valence-corrected chi connectivity index (χ2v) is 6.72. The molecule has 0 bridgehead atoms. The Morgan fingerprint density at radius 2 is 1.87 bits per heavy atom. The van der Waals surface area contributed by atoms with Gasteiger partial charge in [0, 0.05) is 12.6 Å². The number of benzene rings is 2. The summed E-state index contributed by atoms with van der Waals surface area (Å²) in [7, 11) is 0. The van der Waals surface area contributed by atoms with Crippen LogP contribution in [-0.4, -0.2) is 18.8 Å². The molecule has 23 heavy (non-hydrogen) atoms. The summed E-state index contributed by atoms with van der Waals surface area (Å²) in [6.45, 7) is 2.88. The Kier molecular flexibility index (Phi) is 3.71. The maximum absolute atomic E-state index is 5.55. The molecule has 1 fully saturated rings. The second kappa shape index (κ2) is 5.87. The summed E-state index contributed by atoms with van der Waals surface area (Å²) in [5, 5.41) is 3.59. The number of hydrazine groups is 1. The number of hydrogen-bond acceptors (Lipinski definition) is 4. The summed E-state index contributed by atoms with van der Waals surface area (Å²) in [5.41, 5.74) is 9.40. The molecule has 0 saturated heterocycles. The van der Waals surface area contributed by atoms with Gasteiger partial charge in [-0.2, -0.15) is 0 Å². The Morgan fingerprint density at radius 3 is 2.57 bits per heavy atom. The predicted octanol–water partition coefficient (Wildman–Crippen LogP) is 2.77. The van der Waals surface area contributed by atoms with Gasteiger partial charge in [0.1, 0.15) is 6.17 Å². The van der Waals surface area contributed by atoms with Crippen molar-refractivity contribution in [1.82, 2.24) is 5.43 Å². The van der Waals surface area contributed by atoms with E-state index in [-0.39, 0.29) is 6.17 Å². The normalized spacial score (nSPS) is 19.6. The van der Waals surface area contributed by atoms with Crippen LogP contribution < -0.4 is 21.5 Å². The minimum Gasteiger partial charge on any atom is -0.362 e. The minimum atomic E-state index is 0.261. The average Bonchev–Trinajstić information content (AvgIpc) is 3.32. The Morgan fingerprint density at radius 1 is 1.13 bits per heavy atom. The summed E-state index contributed by atoms with van der Waals surface area (Å²) in [4.78, 5) is 2.51. The maximum atomic E-state index is 5.55. The maximum Gasteiger partial charge on any atom is 0.114 e. The van der Waals surface area contributed by atoms with Crippen LogP contribution in [0.15, 0.2) is 42.5 Å². The highest BCUT2D eigenvalue weighted by Gasteiger charge is 2.39. The molecule has 4 rings (SSSR count). The number of nitrogens with one attached hydrogen (secondary N) is 2. The van der Waals surface area contributed by atoms with E-state index in [0.717, 1.165) is 13.0 Å². The average molecular weight is 308 g/mol. The van der Waals surface area contributed by atoms with Gasteiger partial charge in [0.15, 0.2) is 0 Å². The van der Waals surface area contributed by atoms with Crippen molar-refractivity contribution in [1.29, 1.82) is 0 Å². The number of nitrogens with two attached hydrogens (primary N) is 1. The molecule has 4 nitrogen and oxygen atoms in total. The van der Waals surface area contributed by atoms with Crippen LogP contribution >= 0.6 is 0 Å². The van der Waals surface area contributed by atoms with E-state index in [1.54, 1.807) is 0 Å². The van der Waals surface area contributed by atoms with E-state index in [1.165, 1.54) is 40.9 Å². The smallest absolute Gasteiger partial charge is 0.114 e. The van der Waals surface area contributed by atoms with Gasteiger partial charge in [-0.1, -0.05) is 35.9 Å². The van der Waals surface area contributed by atoms with Crippen LogP contribution in [0.4, 0.5) is 11.4 Å². The zero-order valence-electron chi connectivity index (χ0n) is 13.5. The lowest BCUT2D eigenvalue weighted by Crippen LogP contribution is -2.46. The lowest BCUT2D eigenvalue weighted by molar-refractivity contribution is 0.597. The number of hydrogen-bond donors (Lipinski definition) is 3. The molecular weight excluding hydrogens is 284 g/mol. The van der Waals surface area contributed by atoms with E-state index in [0.29, 0.717) is 6.04 Å². The molecule has 4 heteroatoms. The van der Waals surface area contributed by atoms with E-state index in [9.17, 15) is 0 Å². The van der Waals surface area contributed by atoms with Gasteiger partial charge >= 0.3 is 0 Å². The molecule has 1 heterocycles. The van der Waals surface area contributed by atoms with Crippen molar-refractivity contribution in [2.75, 3.05) is 16.8 Å². The molecule has 2 aromatic carbocycles. The van der Waals surface area contributed by atoms with Crippen LogP contribution in [0.3, 0.4) is 0 Å². The van der Waals surface area contributed by atoms with Crippen LogP contribution in [0, 0.1) is 6.92 Å². The Balaban J connectivity index is 1.59. The number of fused-ring (bicyclic) bond motifs is 1. The number of nitrogens with zero attached hydrogens (tertiary/aromatic N) is 1. The Bertz CT molecular complexity index is 691. The van der Waals surface area contributed by atoms with E-state index in [2.05, 4.69) is 65.0 Å². The Hall–Kier alpha value is -2.04. The summed E-state index contributed by atoms with van der Waals surface area (Å²) < 4.78 is 0. The first-order valence-corrected chi connectivity index (χ1v) is 8.41. The molecule has 1 atom stereocenters. The van der Waals surface area contributed by atoms with E-state index >= 15 is 0 Å². The largest absolute Gasteiger partial charge is 0.362 e. The molecule has 4 N–H and O–H groups in total. The fraction of sp³-hybridized carbons (Fsp3) is 0.368. The van der Waals surface area contributed by atoms with Crippen molar-refractivity contribution in [2.45, 2.75) is 38.4 Å². The van der Waals surface area contributed by atoms with Crippen molar-refractivity contribution in [3.63, 3.8) is 0 Å². The fourth-order valence-corrected chi connectivity index (χ4v) is 3.45. The predicted molar refractivity (Wildman–Crippen MR) is 95.5 cm³/mol. The zero-order valence-corrected chi connectivity index (χ0v) is 13.5. The van der Waals surface area contributed by atoms with Gasteiger partial charge < -0.3 is 10.2 Å². The highest BCUT2D eigenvalue weighted by atomic mass is 15.4. The van der Waals surface area contributed by atoms with E-state index < -0.39 is 0 Å². The molecule has 0 aromatic heterocycles. The summed E-state index contributed by atoms with van der Waals surface area (Å²) >= 11 is 0. The van der Waals surface area contributed by atoms with Crippen LogP contribution in [0.5, 0.6) is 0 Å². The number of aryl methyl sites for hydroxylation is 1. The molecule has 120 valence electrons. The van der Waals surface area contributed by atoms with Crippen LogP contribution in [0.25, 0.3) is 0 Å². The van der Waals surface area contributed by atoms with Crippen molar-refractivity contribution < 1.29 is 0 Å². The highest BCUT2D eigenvalue weighted by molar-refractivity contribution is 5.78. The zero-order chi connectivity index (χ0) is 15.8. The van der Waals surface area contributed by atoms with E-state index in [4.69, 9.17) is 5.84 Å². The molecule has 2 aromatic rings. The van der Waals surface area contributed by atoms with Gasteiger partial charge in [0.2, 0.25) is 0 Å². The molecule has 1 aliphatic carbocycles. The molecule has 0 spiro atoms. The monoisotopic (exact) mass is 308 g/mol. The van der Waals surface area contributed by atoms with Crippen LogP contribution in [-0.2, 0) is 6.42 Å². The lowest BCUT2D eigenvalue weighted by atomic mass is 10.0. The van der Waals surface area contributed by atoms with Gasteiger partial charge in [0.25, 0.3) is 0 Å². The number of rotatable bonds is 5. The van der Waals surface area contributed by atoms with Gasteiger partial charge in [0.05, 0.1) is 11.4 Å². The topological polar surface area (TPSA) is 53.3 Å². The third kappa shape index (κ3) is 2.92. The standard InChI is InChI=1S/C19H24N4/c1-13-2-4-14(5-3-13)10-15-6-9-17-18(11-15)23(16-7-8-16)19(22-17)12-21-20/h2-6,9,11,16,19,21-22H,7-8,10,12,20H2,1H3. The summed E-state index contributed by atoms with van der Waals surface area (Å²) in [5.74, 6) is 5.55. The highest BCUT2D eigenvalue weighted by Crippen LogP contribution is 2.42. The Labute approximate surface area is 137 Å². The molecule has 0 radical (unpaired) electrons. The van der Waals surface area contributed by atoms with Crippen molar-refractivity contribution in [3.8, 4) is 0 Å². The van der Waals surface area contributed by atoms with Crippen molar-refractivity contribution >= 4 is 11.4 Å². The quantitative estimate of drug-likeness (QED) is 0.587. The van der Waals surface area contributed by atoms with Crippen molar-refractivity contribution in [2.24, 2.45) is 5.84 Å². The summed E-state index contributed by atoms with van der Waals surface area (Å²) in [6, 6.07) is 16.3. The molecule has 1 unspecified atom stereocenters. The molecule has 1 aliphatic heterocycles. The second-order valence-electron chi connectivity index (χ2n) is 6.72. The third-order valence-corrected chi connectivity index (χ3v) is 4.78. The van der Waals surface area contributed by atoms with Gasteiger partial charge in [-0.25, -0.2) is 0 Å². The third-order valence-electron chi connectivity index (χ3n) is 4.78.